The third kappa shape index (κ3) is 3.72. The molecule has 0 amide bonds. The van der Waals surface area contributed by atoms with Gasteiger partial charge in [-0.3, -0.25) is 9.59 Å². The second kappa shape index (κ2) is 8.12. The van der Waals surface area contributed by atoms with Crippen LogP contribution in [-0.4, -0.2) is 16.9 Å². The third-order valence-corrected chi connectivity index (χ3v) is 6.28. The lowest BCUT2D eigenvalue weighted by molar-refractivity contribution is -0.161. The zero-order valence-corrected chi connectivity index (χ0v) is 14.1. The van der Waals surface area contributed by atoms with E-state index in [1.807, 2.05) is 6.92 Å². The van der Waals surface area contributed by atoms with Gasteiger partial charge in [0.05, 0.1) is 5.41 Å². The van der Waals surface area contributed by atoms with Crippen molar-refractivity contribution in [2.24, 2.45) is 17.3 Å². The molecule has 2 fully saturated rings. The van der Waals surface area contributed by atoms with E-state index in [2.05, 4.69) is 0 Å². The molecule has 0 aliphatic heterocycles. The largest absolute Gasteiger partial charge is 0.481 e. The summed E-state index contributed by atoms with van der Waals surface area (Å²) in [4.78, 5) is 24.3. The van der Waals surface area contributed by atoms with Crippen LogP contribution in [0.5, 0.6) is 0 Å². The molecule has 0 aromatic rings. The van der Waals surface area contributed by atoms with E-state index in [9.17, 15) is 14.7 Å². The molecule has 0 atom stereocenters. The van der Waals surface area contributed by atoms with Gasteiger partial charge in [0.15, 0.2) is 0 Å². The van der Waals surface area contributed by atoms with Crippen LogP contribution in [0.1, 0.15) is 90.4 Å². The van der Waals surface area contributed by atoms with Gasteiger partial charge in [-0.15, -0.1) is 0 Å². The van der Waals surface area contributed by atoms with Crippen LogP contribution in [0.2, 0.25) is 0 Å². The zero-order chi connectivity index (χ0) is 16.0. The normalized spacial score (nSPS) is 21.7. The molecule has 126 valence electrons. The van der Waals surface area contributed by atoms with Crippen LogP contribution in [0.3, 0.4) is 0 Å². The Kier molecular flexibility index (Phi) is 6.46. The highest BCUT2D eigenvalue weighted by Gasteiger charge is 2.51. The van der Waals surface area contributed by atoms with E-state index in [-0.39, 0.29) is 17.6 Å². The van der Waals surface area contributed by atoms with Gasteiger partial charge in [0.25, 0.3) is 0 Å². The maximum atomic E-state index is 12.4. The van der Waals surface area contributed by atoms with Crippen LogP contribution < -0.4 is 0 Å². The minimum absolute atomic E-state index is 0.220. The van der Waals surface area contributed by atoms with Gasteiger partial charge in [-0.2, -0.15) is 0 Å². The number of aliphatic carboxylic acids is 1. The zero-order valence-electron chi connectivity index (χ0n) is 14.1. The summed E-state index contributed by atoms with van der Waals surface area (Å²) in [5, 5.41) is 10.2. The molecule has 0 aromatic carbocycles. The molecule has 0 saturated heterocycles. The van der Waals surface area contributed by atoms with Crippen molar-refractivity contribution in [1.82, 2.24) is 0 Å². The average molecular weight is 308 g/mol. The minimum Gasteiger partial charge on any atom is -0.481 e. The topological polar surface area (TPSA) is 54.4 Å². The Morgan fingerprint density at radius 2 is 1.36 bits per heavy atom. The van der Waals surface area contributed by atoms with Gasteiger partial charge >= 0.3 is 5.97 Å². The van der Waals surface area contributed by atoms with Crippen molar-refractivity contribution in [1.29, 1.82) is 0 Å². The van der Waals surface area contributed by atoms with E-state index in [4.69, 9.17) is 0 Å². The van der Waals surface area contributed by atoms with Crippen molar-refractivity contribution in [3.8, 4) is 0 Å². The molecule has 1 N–H and O–H groups in total. The van der Waals surface area contributed by atoms with Crippen LogP contribution in [0, 0.1) is 17.3 Å². The molecule has 2 aliphatic rings. The van der Waals surface area contributed by atoms with Gasteiger partial charge < -0.3 is 5.11 Å². The Morgan fingerprint density at radius 1 is 0.909 bits per heavy atom. The summed E-state index contributed by atoms with van der Waals surface area (Å²) in [7, 11) is 0. The Morgan fingerprint density at radius 3 is 1.73 bits per heavy atom. The summed E-state index contributed by atoms with van der Waals surface area (Å²) in [6.07, 6.45) is 12.9. The molecule has 3 heteroatoms. The summed E-state index contributed by atoms with van der Waals surface area (Å²) >= 11 is 0. The highest BCUT2D eigenvalue weighted by Crippen LogP contribution is 2.52. The summed E-state index contributed by atoms with van der Waals surface area (Å²) < 4.78 is 0. The predicted molar refractivity (Wildman–Crippen MR) is 87.8 cm³/mol. The monoisotopic (exact) mass is 308 g/mol. The molecule has 2 saturated carbocycles. The second-order valence-corrected chi connectivity index (χ2v) is 7.41. The number of Topliss-reactive ketones (excluding diaryl/α,β-unsaturated/α-hetero) is 1. The summed E-state index contributed by atoms with van der Waals surface area (Å²) in [5.74, 6) is 0.172. The SMILES string of the molecule is CCC(=O)CCC(C(=O)O)(C1CCCCC1)C1CCCCC1. The number of ketones is 1. The molecule has 0 bridgehead atoms. The Balaban J connectivity index is 2.25. The van der Waals surface area contributed by atoms with E-state index >= 15 is 0 Å². The first kappa shape index (κ1) is 17.5. The van der Waals surface area contributed by atoms with Gasteiger partial charge in [0.2, 0.25) is 0 Å². The number of rotatable bonds is 7. The molecule has 0 unspecified atom stereocenters. The second-order valence-electron chi connectivity index (χ2n) is 7.41. The smallest absolute Gasteiger partial charge is 0.310 e. The minimum atomic E-state index is -0.633. The van der Waals surface area contributed by atoms with E-state index in [1.165, 1.54) is 12.8 Å². The van der Waals surface area contributed by atoms with E-state index in [1.54, 1.807) is 0 Å². The van der Waals surface area contributed by atoms with E-state index < -0.39 is 11.4 Å². The van der Waals surface area contributed by atoms with Gasteiger partial charge in [-0.25, -0.2) is 0 Å². The van der Waals surface area contributed by atoms with Gasteiger partial charge in [0.1, 0.15) is 5.78 Å². The maximum Gasteiger partial charge on any atom is 0.310 e. The molecule has 2 aliphatic carbocycles. The molecular weight excluding hydrogens is 276 g/mol. The molecule has 22 heavy (non-hydrogen) atoms. The Bertz CT molecular complexity index is 358. The van der Waals surface area contributed by atoms with Crippen LogP contribution in [0.25, 0.3) is 0 Å². The number of carbonyl (C=O) groups is 2. The molecular formula is C19H32O3. The third-order valence-electron chi connectivity index (χ3n) is 6.28. The number of carboxylic acid groups (broad SMARTS) is 1. The predicted octanol–water partition coefficient (Wildman–Crippen LogP) is 4.98. The summed E-state index contributed by atoms with van der Waals surface area (Å²) in [6.45, 7) is 1.88. The fourth-order valence-corrected chi connectivity index (χ4v) is 4.96. The molecule has 2 rings (SSSR count). The first-order valence-corrected chi connectivity index (χ1v) is 9.36. The first-order valence-electron chi connectivity index (χ1n) is 9.36. The van der Waals surface area contributed by atoms with Gasteiger partial charge in [0, 0.05) is 12.8 Å². The fourth-order valence-electron chi connectivity index (χ4n) is 4.96. The number of carboxylic acids is 1. The standard InChI is InChI=1S/C19H32O3/c1-2-17(20)13-14-19(18(21)22,15-9-5-3-6-10-15)16-11-7-4-8-12-16/h15-16H,2-14H2,1H3,(H,21,22). The summed E-state index contributed by atoms with van der Waals surface area (Å²) in [5.41, 5.74) is -0.633. The van der Waals surface area contributed by atoms with E-state index in [0.29, 0.717) is 19.3 Å². The molecule has 3 nitrogen and oxygen atoms in total. The molecule has 0 heterocycles. The van der Waals surface area contributed by atoms with Crippen molar-refractivity contribution < 1.29 is 14.7 Å². The Labute approximate surface area is 134 Å². The highest BCUT2D eigenvalue weighted by molar-refractivity contribution is 5.80. The van der Waals surface area contributed by atoms with Crippen molar-refractivity contribution in [3.05, 3.63) is 0 Å². The Hall–Kier alpha value is -0.860. The summed E-state index contributed by atoms with van der Waals surface area (Å²) in [6, 6.07) is 0. The lowest BCUT2D eigenvalue weighted by Crippen LogP contribution is -2.47. The number of hydrogen-bond donors (Lipinski definition) is 1. The highest BCUT2D eigenvalue weighted by atomic mass is 16.4. The molecule has 0 spiro atoms. The van der Waals surface area contributed by atoms with Crippen molar-refractivity contribution in [3.63, 3.8) is 0 Å². The van der Waals surface area contributed by atoms with Gasteiger partial charge in [-0.1, -0.05) is 45.4 Å². The van der Waals surface area contributed by atoms with Crippen molar-refractivity contribution >= 4 is 11.8 Å². The fraction of sp³-hybridized carbons (Fsp3) is 0.895. The lowest BCUT2D eigenvalue weighted by atomic mass is 9.57. The van der Waals surface area contributed by atoms with Crippen molar-refractivity contribution in [2.75, 3.05) is 0 Å². The number of hydrogen-bond acceptors (Lipinski definition) is 2. The molecule has 0 aromatic heterocycles. The van der Waals surface area contributed by atoms with Crippen molar-refractivity contribution in [2.45, 2.75) is 90.4 Å². The van der Waals surface area contributed by atoms with E-state index in [0.717, 1.165) is 51.4 Å². The first-order chi connectivity index (χ1) is 10.6. The molecule has 0 radical (unpaired) electrons. The number of carbonyl (C=O) groups excluding carboxylic acids is 1. The average Bonchev–Trinajstić information content (AvgIpc) is 2.57. The van der Waals surface area contributed by atoms with Gasteiger partial charge in [-0.05, 0) is 43.9 Å². The van der Waals surface area contributed by atoms with Crippen LogP contribution in [-0.2, 0) is 9.59 Å². The quantitative estimate of drug-likeness (QED) is 0.722. The maximum absolute atomic E-state index is 12.4. The van der Waals surface area contributed by atoms with Crippen LogP contribution in [0.4, 0.5) is 0 Å². The van der Waals surface area contributed by atoms with Crippen LogP contribution >= 0.6 is 0 Å². The van der Waals surface area contributed by atoms with Crippen LogP contribution in [0.15, 0.2) is 0 Å². The lowest BCUT2D eigenvalue weighted by Gasteiger charge is -2.46.